The van der Waals surface area contributed by atoms with Gasteiger partial charge in [0.1, 0.15) is 16.7 Å². The predicted molar refractivity (Wildman–Crippen MR) is 91.5 cm³/mol. The van der Waals surface area contributed by atoms with E-state index in [2.05, 4.69) is 15.6 Å². The number of pyridine rings is 1. The molecule has 0 spiro atoms. The third-order valence-corrected chi connectivity index (χ3v) is 3.80. The minimum Gasteiger partial charge on any atom is -0.389 e. The molecule has 11 heteroatoms. The van der Waals surface area contributed by atoms with Gasteiger partial charge in [-0.15, -0.1) is 11.8 Å². The summed E-state index contributed by atoms with van der Waals surface area (Å²) in [5.41, 5.74) is 10.0. The number of amides is 1. The second kappa shape index (κ2) is 8.86. The number of nitrogens with one attached hydrogen (secondary N) is 2. The fourth-order valence-electron chi connectivity index (χ4n) is 1.67. The van der Waals surface area contributed by atoms with Crippen LogP contribution in [0.25, 0.3) is 0 Å². The van der Waals surface area contributed by atoms with Gasteiger partial charge in [-0.2, -0.15) is 13.2 Å². The van der Waals surface area contributed by atoms with Crippen molar-refractivity contribution in [2.75, 3.05) is 12.8 Å². The van der Waals surface area contributed by atoms with Crippen molar-refractivity contribution in [3.63, 3.8) is 0 Å². The molecule has 25 heavy (non-hydrogen) atoms. The summed E-state index contributed by atoms with van der Waals surface area (Å²) in [6.45, 7) is 1.74. The fraction of sp³-hybridized carbons (Fsp3) is 0.286. The Morgan fingerprint density at radius 2 is 2.08 bits per heavy atom. The molecular formula is C14H17ClF3N5OS. The SMILES string of the molecule is CCSc1cc(C(F)(F)F)cnc1C(=O)NC(/C=C(\N)Cl)=C(/N)NC. The number of thioether (sulfide) groups is 1. The summed E-state index contributed by atoms with van der Waals surface area (Å²) in [6.07, 6.45) is -2.75. The monoisotopic (exact) mass is 395 g/mol. The van der Waals surface area contributed by atoms with Crippen LogP contribution in [0.15, 0.2) is 39.9 Å². The third-order valence-electron chi connectivity index (χ3n) is 2.78. The van der Waals surface area contributed by atoms with Crippen molar-refractivity contribution in [1.29, 1.82) is 0 Å². The molecule has 0 aliphatic carbocycles. The van der Waals surface area contributed by atoms with Gasteiger partial charge < -0.3 is 22.1 Å². The molecule has 1 aromatic heterocycles. The number of allylic oxidation sites excluding steroid dienone is 1. The van der Waals surface area contributed by atoms with Gasteiger partial charge in [-0.1, -0.05) is 18.5 Å². The number of carbonyl (C=O) groups excluding carboxylic acids is 1. The summed E-state index contributed by atoms with van der Waals surface area (Å²) in [4.78, 5) is 16.2. The molecule has 1 heterocycles. The first-order valence-corrected chi connectivity index (χ1v) is 8.28. The molecule has 0 aromatic carbocycles. The molecule has 1 rings (SSSR count). The number of hydrogen-bond donors (Lipinski definition) is 4. The first kappa shape index (κ1) is 21.0. The maximum absolute atomic E-state index is 12.8. The van der Waals surface area contributed by atoms with E-state index in [1.165, 1.54) is 13.1 Å². The molecule has 1 aromatic rings. The summed E-state index contributed by atoms with van der Waals surface area (Å²) in [6, 6.07) is 0.882. The van der Waals surface area contributed by atoms with E-state index in [1.54, 1.807) is 6.92 Å². The molecule has 0 aliphatic heterocycles. The van der Waals surface area contributed by atoms with Gasteiger partial charge in [0.25, 0.3) is 5.91 Å². The van der Waals surface area contributed by atoms with Gasteiger partial charge in [0.2, 0.25) is 0 Å². The highest BCUT2D eigenvalue weighted by Gasteiger charge is 2.32. The van der Waals surface area contributed by atoms with E-state index in [0.29, 0.717) is 11.9 Å². The van der Waals surface area contributed by atoms with Crippen LogP contribution in [0.3, 0.4) is 0 Å². The van der Waals surface area contributed by atoms with Crippen LogP contribution in [-0.4, -0.2) is 23.7 Å². The van der Waals surface area contributed by atoms with Crippen molar-refractivity contribution in [2.24, 2.45) is 11.5 Å². The van der Waals surface area contributed by atoms with Crippen molar-refractivity contribution in [3.8, 4) is 0 Å². The maximum Gasteiger partial charge on any atom is 0.417 e. The van der Waals surface area contributed by atoms with E-state index in [1.807, 2.05) is 0 Å². The fourth-order valence-corrected chi connectivity index (χ4v) is 2.58. The second-order valence-corrected chi connectivity index (χ2v) is 6.30. The van der Waals surface area contributed by atoms with E-state index < -0.39 is 17.6 Å². The molecule has 1 amide bonds. The lowest BCUT2D eigenvalue weighted by atomic mass is 10.2. The average Bonchev–Trinajstić information content (AvgIpc) is 2.52. The van der Waals surface area contributed by atoms with Crippen LogP contribution in [0.2, 0.25) is 0 Å². The van der Waals surface area contributed by atoms with Crippen molar-refractivity contribution in [2.45, 2.75) is 18.0 Å². The van der Waals surface area contributed by atoms with Gasteiger partial charge in [0.05, 0.1) is 11.3 Å². The van der Waals surface area contributed by atoms with Crippen LogP contribution in [0.1, 0.15) is 23.0 Å². The zero-order valence-electron chi connectivity index (χ0n) is 13.4. The minimum absolute atomic E-state index is 0.0635. The molecule has 0 aliphatic rings. The summed E-state index contributed by atoms with van der Waals surface area (Å²) < 4.78 is 38.5. The zero-order chi connectivity index (χ0) is 19.2. The van der Waals surface area contributed by atoms with Crippen LogP contribution >= 0.6 is 23.4 Å². The Labute approximate surface area is 151 Å². The molecular weight excluding hydrogens is 379 g/mol. The molecule has 0 saturated carbocycles. The van der Waals surface area contributed by atoms with Gasteiger partial charge in [-0.3, -0.25) is 4.79 Å². The van der Waals surface area contributed by atoms with Crippen LogP contribution in [0.4, 0.5) is 13.2 Å². The number of halogens is 4. The number of nitrogens with two attached hydrogens (primary N) is 2. The number of alkyl halides is 3. The molecule has 138 valence electrons. The van der Waals surface area contributed by atoms with Gasteiger partial charge in [-0.25, -0.2) is 4.98 Å². The van der Waals surface area contributed by atoms with Crippen molar-refractivity contribution >= 4 is 29.3 Å². The Morgan fingerprint density at radius 1 is 1.44 bits per heavy atom. The first-order chi connectivity index (χ1) is 11.6. The summed E-state index contributed by atoms with van der Waals surface area (Å²) in [5, 5.41) is 4.89. The van der Waals surface area contributed by atoms with Gasteiger partial charge in [-0.05, 0) is 11.8 Å². The van der Waals surface area contributed by atoms with Crippen molar-refractivity contribution in [1.82, 2.24) is 15.6 Å². The normalized spacial score (nSPS) is 13.3. The van der Waals surface area contributed by atoms with Crippen LogP contribution < -0.4 is 22.1 Å². The van der Waals surface area contributed by atoms with Gasteiger partial charge >= 0.3 is 6.18 Å². The largest absolute Gasteiger partial charge is 0.417 e. The molecule has 0 unspecified atom stereocenters. The number of aromatic nitrogens is 1. The molecule has 0 radical (unpaired) electrons. The van der Waals surface area contributed by atoms with Crippen LogP contribution in [0.5, 0.6) is 0 Å². The van der Waals surface area contributed by atoms with Crippen LogP contribution in [-0.2, 0) is 6.18 Å². The Kier molecular flexibility index (Phi) is 7.43. The summed E-state index contributed by atoms with van der Waals surface area (Å²) >= 11 is 6.64. The minimum atomic E-state index is -4.55. The highest BCUT2D eigenvalue weighted by molar-refractivity contribution is 7.99. The van der Waals surface area contributed by atoms with Crippen molar-refractivity contribution in [3.05, 3.63) is 46.3 Å². The highest BCUT2D eigenvalue weighted by atomic mass is 35.5. The predicted octanol–water partition coefficient (Wildman–Crippen LogP) is 2.33. The third kappa shape index (κ3) is 6.05. The summed E-state index contributed by atoms with van der Waals surface area (Å²) in [5.74, 6) is -0.223. The average molecular weight is 396 g/mol. The van der Waals surface area contributed by atoms with E-state index in [4.69, 9.17) is 23.1 Å². The van der Waals surface area contributed by atoms with Crippen molar-refractivity contribution < 1.29 is 18.0 Å². The second-order valence-electron chi connectivity index (χ2n) is 4.56. The topological polar surface area (TPSA) is 106 Å². The van der Waals surface area contributed by atoms with E-state index in [0.717, 1.165) is 17.8 Å². The quantitative estimate of drug-likeness (QED) is 0.334. The number of nitrogens with zero attached hydrogens (tertiary/aromatic N) is 1. The lowest BCUT2D eigenvalue weighted by Gasteiger charge is -2.14. The number of hydrogen-bond acceptors (Lipinski definition) is 6. The molecule has 0 fully saturated rings. The first-order valence-electron chi connectivity index (χ1n) is 6.91. The van der Waals surface area contributed by atoms with Gasteiger partial charge in [0, 0.05) is 24.2 Å². The zero-order valence-corrected chi connectivity index (χ0v) is 14.9. The van der Waals surface area contributed by atoms with Gasteiger partial charge in [0.15, 0.2) is 0 Å². The Morgan fingerprint density at radius 3 is 2.56 bits per heavy atom. The lowest BCUT2D eigenvalue weighted by Crippen LogP contribution is -2.30. The molecule has 6 nitrogen and oxygen atoms in total. The Bertz CT molecular complexity index is 702. The maximum atomic E-state index is 12.8. The van der Waals surface area contributed by atoms with Crippen LogP contribution in [0, 0.1) is 0 Å². The highest BCUT2D eigenvalue weighted by Crippen LogP contribution is 2.32. The standard InChI is InChI=1S/C14H17ClF3N5OS/c1-3-25-9-4-7(14(16,17)18)6-22-11(9)13(24)23-8(5-10(15)19)12(20)21-2/h4-6,21H,3,19-20H2,1-2H3,(H,23,24)/b10-5-,12-8-. The van der Waals surface area contributed by atoms with E-state index >= 15 is 0 Å². The molecule has 0 bridgehead atoms. The van der Waals surface area contributed by atoms with E-state index in [-0.39, 0.29) is 27.3 Å². The molecule has 0 saturated heterocycles. The number of carbonyl (C=O) groups is 1. The number of rotatable bonds is 6. The Hall–Kier alpha value is -2.07. The lowest BCUT2D eigenvalue weighted by molar-refractivity contribution is -0.138. The smallest absolute Gasteiger partial charge is 0.389 e. The van der Waals surface area contributed by atoms with E-state index in [9.17, 15) is 18.0 Å². The molecule has 0 atom stereocenters. The molecule has 6 N–H and O–H groups in total. The Balaban J connectivity index is 3.26. The summed E-state index contributed by atoms with van der Waals surface area (Å²) in [7, 11) is 1.51.